The van der Waals surface area contributed by atoms with E-state index in [1.807, 2.05) is 63.2 Å². The molecule has 0 saturated heterocycles. The normalized spacial score (nSPS) is 12.6. The number of pyridine rings is 1. The summed E-state index contributed by atoms with van der Waals surface area (Å²) in [4.78, 5) is 18.8. The van der Waals surface area contributed by atoms with Crippen LogP contribution in [0.25, 0.3) is 22.2 Å². The Balaban J connectivity index is 0.00000119. The molecule has 0 radical (unpaired) electrons. The number of aromatic amines is 1. The Morgan fingerprint density at radius 3 is 2.72 bits per heavy atom. The Labute approximate surface area is 187 Å². The molecule has 0 fully saturated rings. The van der Waals surface area contributed by atoms with Gasteiger partial charge in [-0.25, -0.2) is 4.79 Å². The van der Waals surface area contributed by atoms with Gasteiger partial charge >= 0.3 is 6.03 Å². The number of anilines is 1. The minimum Gasteiger partial charge on any atom is -0.496 e. The van der Waals surface area contributed by atoms with Crippen molar-refractivity contribution in [2.24, 2.45) is 0 Å². The van der Waals surface area contributed by atoms with E-state index in [0.29, 0.717) is 13.1 Å². The van der Waals surface area contributed by atoms with E-state index in [1.54, 1.807) is 18.2 Å². The zero-order valence-corrected chi connectivity index (χ0v) is 18.8. The molecule has 2 aromatic heterocycles. The van der Waals surface area contributed by atoms with Gasteiger partial charge in [-0.1, -0.05) is 32.0 Å². The SMILES string of the molecule is CC.COc1ccccc1CN1Cc2cc3c(-c4ccnc(C)c4)n[nH]c3cc2NC1=O. The van der Waals surface area contributed by atoms with Crippen LogP contribution in [0.15, 0.2) is 54.7 Å². The van der Waals surface area contributed by atoms with E-state index in [0.717, 1.165) is 50.4 Å². The molecular formula is C25H27N5O2. The average molecular weight is 430 g/mol. The topological polar surface area (TPSA) is 83.1 Å². The molecule has 7 heteroatoms. The molecule has 0 saturated carbocycles. The first-order chi connectivity index (χ1) is 15.6. The summed E-state index contributed by atoms with van der Waals surface area (Å²) in [5, 5.41) is 11.6. The highest BCUT2D eigenvalue weighted by molar-refractivity contribution is 6.00. The van der Waals surface area contributed by atoms with Gasteiger partial charge in [0.05, 0.1) is 19.2 Å². The highest BCUT2D eigenvalue weighted by Gasteiger charge is 2.25. The first-order valence-electron chi connectivity index (χ1n) is 10.7. The average Bonchev–Trinajstić information content (AvgIpc) is 3.22. The summed E-state index contributed by atoms with van der Waals surface area (Å²) in [7, 11) is 1.64. The molecule has 7 nitrogen and oxygen atoms in total. The van der Waals surface area contributed by atoms with Crippen LogP contribution in [-0.4, -0.2) is 33.2 Å². The van der Waals surface area contributed by atoms with Crippen molar-refractivity contribution in [3.63, 3.8) is 0 Å². The molecule has 4 aromatic rings. The number of ether oxygens (including phenoxy) is 1. The lowest BCUT2D eigenvalue weighted by atomic mass is 10.0. The van der Waals surface area contributed by atoms with Gasteiger partial charge in [-0.05, 0) is 42.8 Å². The smallest absolute Gasteiger partial charge is 0.322 e. The van der Waals surface area contributed by atoms with E-state index in [9.17, 15) is 4.79 Å². The van der Waals surface area contributed by atoms with Crippen molar-refractivity contribution in [2.45, 2.75) is 33.9 Å². The summed E-state index contributed by atoms with van der Waals surface area (Å²) < 4.78 is 5.44. The fourth-order valence-electron chi connectivity index (χ4n) is 3.91. The zero-order valence-electron chi connectivity index (χ0n) is 18.8. The van der Waals surface area contributed by atoms with E-state index >= 15 is 0 Å². The van der Waals surface area contributed by atoms with Crippen LogP contribution >= 0.6 is 0 Å². The van der Waals surface area contributed by atoms with E-state index in [2.05, 4.69) is 26.6 Å². The van der Waals surface area contributed by atoms with Gasteiger partial charge in [-0.2, -0.15) is 5.10 Å². The van der Waals surface area contributed by atoms with Crippen molar-refractivity contribution < 1.29 is 9.53 Å². The standard InChI is InChI=1S/C23H21N5O2.C2H6/c1-14-9-15(7-8-24-14)22-18-10-17-13-28(12-16-5-3-4-6-21(16)30-2)23(29)25-19(17)11-20(18)26-27-22;1-2/h3-11H,12-13H2,1-2H3,(H,25,29)(H,26,27);1-2H3. The molecule has 1 aliphatic rings. The molecule has 2 aromatic carbocycles. The van der Waals surface area contributed by atoms with Crippen molar-refractivity contribution in [3.05, 3.63) is 71.5 Å². The van der Waals surface area contributed by atoms with Crippen LogP contribution in [0.4, 0.5) is 10.5 Å². The van der Waals surface area contributed by atoms with Gasteiger partial charge in [0.15, 0.2) is 0 Å². The fourth-order valence-corrected chi connectivity index (χ4v) is 3.91. The van der Waals surface area contributed by atoms with Gasteiger partial charge in [0.2, 0.25) is 0 Å². The van der Waals surface area contributed by atoms with E-state index < -0.39 is 0 Å². The number of hydrogen-bond acceptors (Lipinski definition) is 4. The molecule has 0 unspecified atom stereocenters. The highest BCUT2D eigenvalue weighted by Crippen LogP contribution is 2.34. The monoisotopic (exact) mass is 429 g/mol. The number of fused-ring (bicyclic) bond motifs is 2. The quantitative estimate of drug-likeness (QED) is 0.448. The lowest BCUT2D eigenvalue weighted by Gasteiger charge is -2.30. The lowest BCUT2D eigenvalue weighted by molar-refractivity contribution is 0.203. The molecule has 0 spiro atoms. The Hall–Kier alpha value is -3.87. The number of carbonyl (C=O) groups is 1. The molecule has 2 N–H and O–H groups in total. The fraction of sp³-hybridized carbons (Fsp3) is 0.240. The van der Waals surface area contributed by atoms with Gasteiger partial charge < -0.3 is 15.0 Å². The molecule has 32 heavy (non-hydrogen) atoms. The molecular weight excluding hydrogens is 402 g/mol. The van der Waals surface area contributed by atoms with Gasteiger partial charge in [-0.3, -0.25) is 10.1 Å². The first kappa shape index (κ1) is 21.4. The maximum absolute atomic E-state index is 12.7. The molecule has 0 atom stereocenters. The Kier molecular flexibility index (Phi) is 6.07. The summed E-state index contributed by atoms with van der Waals surface area (Å²) in [6.45, 7) is 6.94. The van der Waals surface area contributed by atoms with Crippen LogP contribution < -0.4 is 10.1 Å². The minimum atomic E-state index is -0.128. The lowest BCUT2D eigenvalue weighted by Crippen LogP contribution is -2.38. The second-order valence-electron chi connectivity index (χ2n) is 7.41. The highest BCUT2D eigenvalue weighted by atomic mass is 16.5. The summed E-state index contributed by atoms with van der Waals surface area (Å²) in [5.41, 5.74) is 6.55. The summed E-state index contributed by atoms with van der Waals surface area (Å²) in [5.74, 6) is 0.775. The molecule has 5 rings (SSSR count). The minimum absolute atomic E-state index is 0.128. The number of benzene rings is 2. The van der Waals surface area contributed by atoms with E-state index in [4.69, 9.17) is 4.74 Å². The number of methoxy groups -OCH3 is 1. The van der Waals surface area contributed by atoms with Crippen LogP contribution in [0.3, 0.4) is 0 Å². The number of rotatable bonds is 4. The van der Waals surface area contributed by atoms with Crippen LogP contribution in [-0.2, 0) is 13.1 Å². The van der Waals surface area contributed by atoms with Gasteiger partial charge in [0, 0.05) is 40.6 Å². The number of nitrogens with zero attached hydrogens (tertiary/aromatic N) is 3. The van der Waals surface area contributed by atoms with Crippen molar-refractivity contribution in [3.8, 4) is 17.0 Å². The Bertz CT molecular complexity index is 1260. The van der Waals surface area contributed by atoms with Gasteiger partial charge in [0.25, 0.3) is 0 Å². The number of aryl methyl sites for hydroxylation is 1. The molecule has 0 bridgehead atoms. The number of amides is 2. The number of urea groups is 1. The second kappa shape index (κ2) is 9.09. The van der Waals surface area contributed by atoms with Crippen LogP contribution in [0, 0.1) is 6.92 Å². The predicted octanol–water partition coefficient (Wildman–Crippen LogP) is 5.52. The van der Waals surface area contributed by atoms with Crippen molar-refractivity contribution in [1.29, 1.82) is 0 Å². The maximum atomic E-state index is 12.7. The molecule has 2 amide bonds. The molecule has 1 aliphatic heterocycles. The van der Waals surface area contributed by atoms with Crippen LogP contribution in [0.1, 0.15) is 30.7 Å². The van der Waals surface area contributed by atoms with Crippen LogP contribution in [0.5, 0.6) is 5.75 Å². The van der Waals surface area contributed by atoms with Crippen molar-refractivity contribution in [2.75, 3.05) is 12.4 Å². The zero-order chi connectivity index (χ0) is 22.7. The van der Waals surface area contributed by atoms with Crippen molar-refractivity contribution >= 4 is 22.6 Å². The maximum Gasteiger partial charge on any atom is 0.322 e. The number of carbonyl (C=O) groups excluding carboxylic acids is 1. The molecule has 0 aliphatic carbocycles. The number of aromatic nitrogens is 3. The Morgan fingerprint density at radius 1 is 1.12 bits per heavy atom. The van der Waals surface area contributed by atoms with Gasteiger partial charge in [0.1, 0.15) is 11.4 Å². The molecule has 164 valence electrons. The number of hydrogen-bond donors (Lipinski definition) is 2. The third-order valence-corrected chi connectivity index (χ3v) is 5.40. The first-order valence-corrected chi connectivity index (χ1v) is 10.7. The summed E-state index contributed by atoms with van der Waals surface area (Å²) in [6.07, 6.45) is 1.79. The van der Waals surface area contributed by atoms with Crippen LogP contribution in [0.2, 0.25) is 0 Å². The number of para-hydroxylation sites is 1. The largest absolute Gasteiger partial charge is 0.496 e. The van der Waals surface area contributed by atoms with Gasteiger partial charge in [-0.15, -0.1) is 0 Å². The van der Waals surface area contributed by atoms with Crippen molar-refractivity contribution in [1.82, 2.24) is 20.1 Å². The molecule has 3 heterocycles. The summed E-state index contributed by atoms with van der Waals surface area (Å²) >= 11 is 0. The van der Waals surface area contributed by atoms with E-state index in [1.165, 1.54) is 0 Å². The third kappa shape index (κ3) is 4.01. The number of nitrogens with one attached hydrogen (secondary N) is 2. The Morgan fingerprint density at radius 2 is 1.94 bits per heavy atom. The van der Waals surface area contributed by atoms with E-state index in [-0.39, 0.29) is 6.03 Å². The summed E-state index contributed by atoms with van der Waals surface area (Å²) in [6, 6.07) is 15.7. The second-order valence-corrected chi connectivity index (χ2v) is 7.41. The third-order valence-electron chi connectivity index (χ3n) is 5.40. The number of H-pyrrole nitrogens is 1. The predicted molar refractivity (Wildman–Crippen MR) is 127 cm³/mol.